The Labute approximate surface area is 90.0 Å². The number of nitrogens with two attached hydrogens (primary N) is 1. The van der Waals surface area contributed by atoms with Crippen molar-refractivity contribution in [3.05, 3.63) is 34.3 Å². The molecule has 0 heterocycles. The Balaban J connectivity index is 2.99. The molecule has 1 aromatic rings. The van der Waals surface area contributed by atoms with Gasteiger partial charge in [0.25, 0.3) is 0 Å². The Bertz CT molecular complexity index is 314. The second-order valence-corrected chi connectivity index (χ2v) is 3.90. The van der Waals surface area contributed by atoms with E-state index in [1.54, 1.807) is 7.11 Å². The highest BCUT2D eigenvalue weighted by molar-refractivity contribution is 6.31. The van der Waals surface area contributed by atoms with Crippen LogP contribution in [0.4, 0.5) is 0 Å². The van der Waals surface area contributed by atoms with Crippen LogP contribution in [0, 0.1) is 6.92 Å². The molecule has 1 rings (SSSR count). The third-order valence-corrected chi connectivity index (χ3v) is 2.73. The van der Waals surface area contributed by atoms with Crippen molar-refractivity contribution in [2.24, 2.45) is 5.73 Å². The van der Waals surface area contributed by atoms with Crippen molar-refractivity contribution < 1.29 is 4.74 Å². The van der Waals surface area contributed by atoms with Crippen LogP contribution in [-0.2, 0) is 4.74 Å². The highest BCUT2D eigenvalue weighted by Crippen LogP contribution is 2.25. The Kier molecular flexibility index (Phi) is 3.93. The first-order chi connectivity index (χ1) is 6.56. The smallest absolute Gasteiger partial charge is 0.0736 e. The van der Waals surface area contributed by atoms with Crippen LogP contribution in [-0.4, -0.2) is 13.2 Å². The average molecular weight is 214 g/mol. The minimum atomic E-state index is -0.174. The molecule has 0 aliphatic rings. The third kappa shape index (κ3) is 2.47. The van der Waals surface area contributed by atoms with Gasteiger partial charge in [0.15, 0.2) is 0 Å². The van der Waals surface area contributed by atoms with Gasteiger partial charge in [-0.2, -0.15) is 0 Å². The zero-order valence-electron chi connectivity index (χ0n) is 8.75. The van der Waals surface area contributed by atoms with Crippen LogP contribution >= 0.6 is 11.6 Å². The van der Waals surface area contributed by atoms with Crippen LogP contribution in [0.1, 0.15) is 24.1 Å². The summed E-state index contributed by atoms with van der Waals surface area (Å²) in [6, 6.07) is 5.67. The molecular weight excluding hydrogens is 198 g/mol. The van der Waals surface area contributed by atoms with Gasteiger partial charge in [-0.15, -0.1) is 0 Å². The van der Waals surface area contributed by atoms with E-state index in [0.717, 1.165) is 11.1 Å². The molecule has 0 fully saturated rings. The van der Waals surface area contributed by atoms with Crippen LogP contribution in [0.15, 0.2) is 18.2 Å². The predicted octanol–water partition coefficient (Wildman–Crippen LogP) is 2.68. The van der Waals surface area contributed by atoms with Crippen molar-refractivity contribution in [3.63, 3.8) is 0 Å². The van der Waals surface area contributed by atoms with Crippen molar-refractivity contribution in [2.45, 2.75) is 26.0 Å². The Morgan fingerprint density at radius 1 is 1.43 bits per heavy atom. The fraction of sp³-hybridized carbons (Fsp3) is 0.455. The first-order valence-corrected chi connectivity index (χ1v) is 4.98. The normalized spacial score (nSPS) is 15.2. The fourth-order valence-corrected chi connectivity index (χ4v) is 1.56. The average Bonchev–Trinajstić information content (AvgIpc) is 2.19. The minimum absolute atomic E-state index is 0.0331. The van der Waals surface area contributed by atoms with Gasteiger partial charge >= 0.3 is 0 Å². The Morgan fingerprint density at radius 3 is 2.64 bits per heavy atom. The zero-order chi connectivity index (χ0) is 10.7. The summed E-state index contributed by atoms with van der Waals surface area (Å²) in [7, 11) is 1.65. The van der Waals surface area contributed by atoms with Crippen LogP contribution in [0.25, 0.3) is 0 Å². The molecule has 2 unspecified atom stereocenters. The standard InChI is InChI=1S/C11H16ClNO/c1-7-4-5-10(12)9(6-7)11(13)8(2)14-3/h4-6,8,11H,13H2,1-3H3. The van der Waals surface area contributed by atoms with Gasteiger partial charge < -0.3 is 10.5 Å². The predicted molar refractivity (Wildman–Crippen MR) is 59.6 cm³/mol. The molecule has 2 atom stereocenters. The van der Waals surface area contributed by atoms with E-state index >= 15 is 0 Å². The summed E-state index contributed by atoms with van der Waals surface area (Å²) < 4.78 is 5.18. The number of rotatable bonds is 3. The highest BCUT2D eigenvalue weighted by Gasteiger charge is 2.16. The zero-order valence-corrected chi connectivity index (χ0v) is 9.51. The summed E-state index contributed by atoms with van der Waals surface area (Å²) in [6.45, 7) is 3.95. The van der Waals surface area contributed by atoms with E-state index in [1.165, 1.54) is 0 Å². The molecular formula is C11H16ClNO. The van der Waals surface area contributed by atoms with Crippen molar-refractivity contribution in [2.75, 3.05) is 7.11 Å². The maximum Gasteiger partial charge on any atom is 0.0736 e. The van der Waals surface area contributed by atoms with Gasteiger partial charge in [0.1, 0.15) is 0 Å². The number of hydrogen-bond acceptors (Lipinski definition) is 2. The topological polar surface area (TPSA) is 35.2 Å². The molecule has 2 N–H and O–H groups in total. The highest BCUT2D eigenvalue weighted by atomic mass is 35.5. The van der Waals surface area contributed by atoms with Crippen LogP contribution in [0.5, 0.6) is 0 Å². The largest absolute Gasteiger partial charge is 0.380 e. The second-order valence-electron chi connectivity index (χ2n) is 3.49. The summed E-state index contributed by atoms with van der Waals surface area (Å²) in [5, 5.41) is 0.701. The molecule has 0 saturated heterocycles. The number of methoxy groups -OCH3 is 1. The molecule has 0 radical (unpaired) electrons. The van der Waals surface area contributed by atoms with Gasteiger partial charge in [0.2, 0.25) is 0 Å². The van der Waals surface area contributed by atoms with Gasteiger partial charge in [-0.3, -0.25) is 0 Å². The van der Waals surface area contributed by atoms with Crippen LogP contribution in [0.2, 0.25) is 5.02 Å². The van der Waals surface area contributed by atoms with Gasteiger partial charge in [0.05, 0.1) is 12.1 Å². The van der Waals surface area contributed by atoms with E-state index in [0.29, 0.717) is 5.02 Å². The third-order valence-electron chi connectivity index (χ3n) is 2.39. The van der Waals surface area contributed by atoms with E-state index < -0.39 is 0 Å². The van der Waals surface area contributed by atoms with Gasteiger partial charge in [-0.1, -0.05) is 29.3 Å². The molecule has 0 amide bonds. The van der Waals surface area contributed by atoms with E-state index in [9.17, 15) is 0 Å². The Morgan fingerprint density at radius 2 is 2.07 bits per heavy atom. The molecule has 0 spiro atoms. The van der Waals surface area contributed by atoms with Crippen molar-refractivity contribution in [1.82, 2.24) is 0 Å². The molecule has 78 valence electrons. The lowest BCUT2D eigenvalue weighted by Gasteiger charge is -2.20. The van der Waals surface area contributed by atoms with Crippen LogP contribution < -0.4 is 5.73 Å². The first-order valence-electron chi connectivity index (χ1n) is 4.60. The van der Waals surface area contributed by atoms with E-state index in [1.807, 2.05) is 32.0 Å². The monoisotopic (exact) mass is 213 g/mol. The van der Waals surface area contributed by atoms with Crippen molar-refractivity contribution >= 4 is 11.6 Å². The number of hydrogen-bond donors (Lipinski definition) is 1. The SMILES string of the molecule is COC(C)C(N)c1cc(C)ccc1Cl. The molecule has 14 heavy (non-hydrogen) atoms. The lowest BCUT2D eigenvalue weighted by atomic mass is 10.0. The second kappa shape index (κ2) is 4.78. The maximum atomic E-state index is 6.06. The van der Waals surface area contributed by atoms with Crippen molar-refractivity contribution in [1.29, 1.82) is 0 Å². The van der Waals surface area contributed by atoms with Gasteiger partial charge in [-0.25, -0.2) is 0 Å². The molecule has 0 aromatic heterocycles. The summed E-state index contributed by atoms with van der Waals surface area (Å²) in [5.41, 5.74) is 8.11. The molecule has 0 aliphatic heterocycles. The number of aryl methyl sites for hydroxylation is 1. The molecule has 1 aromatic carbocycles. The Hall–Kier alpha value is -0.570. The molecule has 0 aliphatic carbocycles. The minimum Gasteiger partial charge on any atom is -0.380 e. The number of ether oxygens (including phenoxy) is 1. The molecule has 0 saturated carbocycles. The summed E-state index contributed by atoms with van der Waals surface area (Å²) in [6.07, 6.45) is -0.0331. The molecule has 3 heteroatoms. The summed E-state index contributed by atoms with van der Waals surface area (Å²) in [4.78, 5) is 0. The van der Waals surface area contributed by atoms with E-state index in [2.05, 4.69) is 0 Å². The lowest BCUT2D eigenvalue weighted by molar-refractivity contribution is 0.0957. The van der Waals surface area contributed by atoms with Crippen molar-refractivity contribution in [3.8, 4) is 0 Å². The lowest BCUT2D eigenvalue weighted by Crippen LogP contribution is -2.25. The van der Waals surface area contributed by atoms with Gasteiger partial charge in [-0.05, 0) is 25.5 Å². The number of benzene rings is 1. The van der Waals surface area contributed by atoms with Crippen LogP contribution in [0.3, 0.4) is 0 Å². The summed E-state index contributed by atoms with van der Waals surface area (Å²) >= 11 is 6.06. The molecule has 0 bridgehead atoms. The quantitative estimate of drug-likeness (QED) is 0.838. The summed E-state index contributed by atoms with van der Waals surface area (Å²) in [5.74, 6) is 0. The first kappa shape index (κ1) is 11.5. The maximum absolute atomic E-state index is 6.06. The molecule has 2 nitrogen and oxygen atoms in total. The van der Waals surface area contributed by atoms with E-state index in [-0.39, 0.29) is 12.1 Å². The number of halogens is 1. The fourth-order valence-electron chi connectivity index (χ4n) is 1.32. The van der Waals surface area contributed by atoms with Gasteiger partial charge in [0, 0.05) is 12.1 Å². The van der Waals surface area contributed by atoms with E-state index in [4.69, 9.17) is 22.1 Å².